The molecule has 5 heteroatoms. The summed E-state index contributed by atoms with van der Waals surface area (Å²) in [5.41, 5.74) is 2.07. The Labute approximate surface area is 148 Å². The molecule has 1 aliphatic heterocycles. The van der Waals surface area contributed by atoms with Crippen molar-refractivity contribution in [3.63, 3.8) is 0 Å². The maximum Gasteiger partial charge on any atom is 0.315 e. The lowest BCUT2D eigenvalue weighted by atomic mass is 10.0. The standard InChI is InChI=1S/C20H24N2O3/c1-20(2)24-14-17(18(25-20)16-11-7-4-8-12-16)22-19(23)21-13-15-9-5-3-6-10-15/h3-12,17-18H,13-14H2,1-2H3,(H2,21,22,23). The van der Waals surface area contributed by atoms with E-state index in [2.05, 4.69) is 10.6 Å². The fourth-order valence-electron chi connectivity index (χ4n) is 2.86. The van der Waals surface area contributed by atoms with Crippen molar-refractivity contribution in [1.82, 2.24) is 10.6 Å². The molecule has 1 aliphatic rings. The molecule has 2 unspecified atom stereocenters. The first kappa shape index (κ1) is 17.5. The van der Waals surface area contributed by atoms with Crippen LogP contribution in [0.1, 0.15) is 31.1 Å². The lowest BCUT2D eigenvalue weighted by Gasteiger charge is -2.41. The van der Waals surface area contributed by atoms with Gasteiger partial charge in [0.15, 0.2) is 5.79 Å². The highest BCUT2D eigenvalue weighted by molar-refractivity contribution is 5.74. The summed E-state index contributed by atoms with van der Waals surface area (Å²) in [5.74, 6) is -0.681. The van der Waals surface area contributed by atoms with Gasteiger partial charge < -0.3 is 20.1 Å². The average Bonchev–Trinajstić information content (AvgIpc) is 2.63. The maximum atomic E-state index is 12.3. The van der Waals surface area contributed by atoms with E-state index in [1.807, 2.05) is 74.5 Å². The molecule has 2 amide bonds. The largest absolute Gasteiger partial charge is 0.348 e. The van der Waals surface area contributed by atoms with Crippen LogP contribution in [0.25, 0.3) is 0 Å². The van der Waals surface area contributed by atoms with Crippen LogP contribution in [0.2, 0.25) is 0 Å². The smallest absolute Gasteiger partial charge is 0.315 e. The first-order valence-corrected chi connectivity index (χ1v) is 8.48. The lowest BCUT2D eigenvalue weighted by Crippen LogP contribution is -2.53. The molecule has 1 fully saturated rings. The molecule has 25 heavy (non-hydrogen) atoms. The number of hydrogen-bond donors (Lipinski definition) is 2. The third-order valence-electron chi connectivity index (χ3n) is 4.13. The van der Waals surface area contributed by atoms with Gasteiger partial charge >= 0.3 is 6.03 Å². The van der Waals surface area contributed by atoms with E-state index in [4.69, 9.17) is 9.47 Å². The molecule has 3 rings (SSSR count). The number of rotatable bonds is 4. The van der Waals surface area contributed by atoms with E-state index in [1.54, 1.807) is 0 Å². The second-order valence-electron chi connectivity index (χ2n) is 6.58. The van der Waals surface area contributed by atoms with Gasteiger partial charge in [0, 0.05) is 6.54 Å². The zero-order valence-electron chi connectivity index (χ0n) is 14.6. The first-order chi connectivity index (χ1) is 12.0. The molecule has 2 aromatic rings. The van der Waals surface area contributed by atoms with Crippen molar-refractivity contribution in [2.45, 2.75) is 38.3 Å². The molecule has 132 valence electrons. The van der Waals surface area contributed by atoms with Crippen molar-refractivity contribution >= 4 is 6.03 Å². The zero-order chi connectivity index (χ0) is 17.7. The molecule has 5 nitrogen and oxygen atoms in total. The van der Waals surface area contributed by atoms with Crippen LogP contribution >= 0.6 is 0 Å². The van der Waals surface area contributed by atoms with Crippen molar-refractivity contribution in [2.75, 3.05) is 6.61 Å². The molecule has 0 saturated carbocycles. The van der Waals surface area contributed by atoms with Gasteiger partial charge in [-0.25, -0.2) is 4.79 Å². The number of benzene rings is 2. The normalized spacial score (nSPS) is 22.2. The second-order valence-corrected chi connectivity index (χ2v) is 6.58. The van der Waals surface area contributed by atoms with Crippen LogP contribution in [0, 0.1) is 0 Å². The SMILES string of the molecule is CC1(C)OCC(NC(=O)NCc2ccccc2)C(c2ccccc2)O1. The summed E-state index contributed by atoms with van der Waals surface area (Å²) >= 11 is 0. The summed E-state index contributed by atoms with van der Waals surface area (Å²) in [6.07, 6.45) is -0.257. The topological polar surface area (TPSA) is 59.6 Å². The van der Waals surface area contributed by atoms with Gasteiger partial charge in [-0.3, -0.25) is 0 Å². The third-order valence-corrected chi connectivity index (χ3v) is 4.13. The van der Waals surface area contributed by atoms with Crippen LogP contribution in [0.3, 0.4) is 0 Å². The summed E-state index contributed by atoms with van der Waals surface area (Å²) in [7, 11) is 0. The maximum absolute atomic E-state index is 12.3. The minimum absolute atomic E-state index is 0.235. The van der Waals surface area contributed by atoms with Crippen molar-refractivity contribution in [3.05, 3.63) is 71.8 Å². The van der Waals surface area contributed by atoms with E-state index >= 15 is 0 Å². The second kappa shape index (κ2) is 7.68. The van der Waals surface area contributed by atoms with E-state index in [-0.39, 0.29) is 18.2 Å². The summed E-state index contributed by atoms with van der Waals surface area (Å²) in [6, 6.07) is 19.2. The van der Waals surface area contributed by atoms with Crippen LogP contribution in [0.4, 0.5) is 4.79 Å². The van der Waals surface area contributed by atoms with E-state index in [1.165, 1.54) is 0 Å². The highest BCUT2D eigenvalue weighted by atomic mass is 16.7. The zero-order valence-corrected chi connectivity index (χ0v) is 14.6. The molecule has 2 N–H and O–H groups in total. The molecule has 0 aliphatic carbocycles. The molecule has 1 saturated heterocycles. The van der Waals surface area contributed by atoms with Crippen molar-refractivity contribution < 1.29 is 14.3 Å². The number of carbonyl (C=O) groups is 1. The number of carbonyl (C=O) groups excluding carboxylic acids is 1. The molecular formula is C20H24N2O3. The fourth-order valence-corrected chi connectivity index (χ4v) is 2.86. The van der Waals surface area contributed by atoms with Gasteiger partial charge in [0.05, 0.1) is 12.6 Å². The van der Waals surface area contributed by atoms with Crippen molar-refractivity contribution in [1.29, 1.82) is 0 Å². The van der Waals surface area contributed by atoms with Gasteiger partial charge in [-0.1, -0.05) is 60.7 Å². The van der Waals surface area contributed by atoms with Crippen LogP contribution in [0.5, 0.6) is 0 Å². The molecule has 2 aromatic carbocycles. The summed E-state index contributed by atoms with van der Waals surface area (Å²) in [5, 5.41) is 5.85. The van der Waals surface area contributed by atoms with Gasteiger partial charge in [0.2, 0.25) is 0 Å². The number of nitrogens with one attached hydrogen (secondary N) is 2. The molecule has 0 aromatic heterocycles. The van der Waals surface area contributed by atoms with E-state index in [9.17, 15) is 4.79 Å². The molecule has 2 atom stereocenters. The average molecular weight is 340 g/mol. The molecule has 1 heterocycles. The fraction of sp³-hybridized carbons (Fsp3) is 0.350. The Kier molecular flexibility index (Phi) is 5.36. The Balaban J connectivity index is 1.63. The van der Waals surface area contributed by atoms with Crippen LogP contribution in [-0.4, -0.2) is 24.5 Å². The highest BCUT2D eigenvalue weighted by Crippen LogP contribution is 2.32. The van der Waals surface area contributed by atoms with Gasteiger partial charge in [-0.2, -0.15) is 0 Å². The lowest BCUT2D eigenvalue weighted by molar-refractivity contribution is -0.284. The van der Waals surface area contributed by atoms with Crippen LogP contribution in [0.15, 0.2) is 60.7 Å². The number of ether oxygens (including phenoxy) is 2. The van der Waals surface area contributed by atoms with Gasteiger partial charge in [0.25, 0.3) is 0 Å². The summed E-state index contributed by atoms with van der Waals surface area (Å²) in [4.78, 5) is 12.3. The van der Waals surface area contributed by atoms with Crippen LogP contribution in [-0.2, 0) is 16.0 Å². The Hall–Kier alpha value is -2.37. The Morgan fingerprint density at radius 1 is 1.08 bits per heavy atom. The molecule has 0 radical (unpaired) electrons. The Morgan fingerprint density at radius 2 is 1.72 bits per heavy atom. The minimum atomic E-state index is -0.681. The van der Waals surface area contributed by atoms with E-state index < -0.39 is 5.79 Å². The number of urea groups is 1. The van der Waals surface area contributed by atoms with Crippen molar-refractivity contribution in [3.8, 4) is 0 Å². The molecule has 0 spiro atoms. The third kappa shape index (κ3) is 4.81. The number of hydrogen-bond acceptors (Lipinski definition) is 3. The van der Waals surface area contributed by atoms with Crippen LogP contribution < -0.4 is 10.6 Å². The van der Waals surface area contributed by atoms with E-state index in [0.717, 1.165) is 11.1 Å². The van der Waals surface area contributed by atoms with Gasteiger partial charge in [0.1, 0.15) is 6.10 Å². The monoisotopic (exact) mass is 340 g/mol. The molecule has 0 bridgehead atoms. The molecular weight excluding hydrogens is 316 g/mol. The quantitative estimate of drug-likeness (QED) is 0.897. The predicted molar refractivity (Wildman–Crippen MR) is 95.9 cm³/mol. The number of amides is 2. The summed E-state index contributed by atoms with van der Waals surface area (Å²) < 4.78 is 11.8. The Morgan fingerprint density at radius 3 is 2.40 bits per heavy atom. The van der Waals surface area contributed by atoms with Crippen molar-refractivity contribution in [2.24, 2.45) is 0 Å². The van der Waals surface area contributed by atoms with Gasteiger partial charge in [-0.05, 0) is 25.0 Å². The minimum Gasteiger partial charge on any atom is -0.348 e. The Bertz CT molecular complexity index is 689. The first-order valence-electron chi connectivity index (χ1n) is 8.48. The predicted octanol–water partition coefficient (Wildman–Crippen LogP) is 3.38. The highest BCUT2D eigenvalue weighted by Gasteiger charge is 2.38. The van der Waals surface area contributed by atoms with E-state index in [0.29, 0.717) is 13.2 Å². The summed E-state index contributed by atoms with van der Waals surface area (Å²) in [6.45, 7) is 4.64. The van der Waals surface area contributed by atoms with Gasteiger partial charge in [-0.15, -0.1) is 0 Å².